The van der Waals surface area contributed by atoms with E-state index in [0.29, 0.717) is 19.3 Å². The van der Waals surface area contributed by atoms with Crippen molar-refractivity contribution >= 4 is 11.9 Å². The summed E-state index contributed by atoms with van der Waals surface area (Å²) in [6, 6.07) is -0.739. The van der Waals surface area contributed by atoms with Crippen LogP contribution in [0.3, 0.4) is 0 Å². The molecule has 0 aliphatic rings. The maximum absolute atomic E-state index is 13.1. The summed E-state index contributed by atoms with van der Waals surface area (Å²) in [4.78, 5) is 26.0. The Morgan fingerprint density at radius 3 is 1.46 bits per heavy atom. The zero-order valence-corrected chi connectivity index (χ0v) is 40.0. The van der Waals surface area contributed by atoms with E-state index in [4.69, 9.17) is 4.74 Å². The second-order valence-electron chi connectivity index (χ2n) is 17.3. The first-order valence-corrected chi connectivity index (χ1v) is 25.7. The summed E-state index contributed by atoms with van der Waals surface area (Å²) in [5.74, 6) is -0.631. The highest BCUT2D eigenvalue weighted by molar-refractivity contribution is 5.78. The fourth-order valence-corrected chi connectivity index (χ4v) is 7.41. The number of ether oxygens (including phenoxy) is 1. The number of nitrogens with one attached hydrogen (secondary N) is 1. The van der Waals surface area contributed by atoms with E-state index in [0.717, 1.165) is 70.6 Å². The van der Waals surface area contributed by atoms with Crippen LogP contribution in [0.4, 0.5) is 0 Å². The number of esters is 1. The highest BCUT2D eigenvalue weighted by Crippen LogP contribution is 2.16. The van der Waals surface area contributed by atoms with Crippen molar-refractivity contribution < 1.29 is 24.5 Å². The molecular formula is C55H97NO5. The van der Waals surface area contributed by atoms with Crippen LogP contribution in [0.25, 0.3) is 0 Å². The minimum atomic E-state index is -0.817. The average molecular weight is 852 g/mol. The third kappa shape index (κ3) is 43.7. The van der Waals surface area contributed by atoms with Gasteiger partial charge in [-0.05, 0) is 63.9 Å². The van der Waals surface area contributed by atoms with Gasteiger partial charge in [0.15, 0.2) is 0 Å². The van der Waals surface area contributed by atoms with Crippen molar-refractivity contribution in [1.82, 2.24) is 5.32 Å². The molecule has 0 heterocycles. The van der Waals surface area contributed by atoms with Crippen molar-refractivity contribution in [2.75, 3.05) is 6.61 Å². The molecule has 0 aromatic rings. The van der Waals surface area contributed by atoms with E-state index in [1.807, 2.05) is 12.2 Å². The van der Waals surface area contributed by atoms with Crippen LogP contribution in [0.15, 0.2) is 72.9 Å². The number of carbonyl (C=O) groups is 2. The fraction of sp³-hybridized carbons (Fsp3) is 0.745. The third-order valence-corrected chi connectivity index (χ3v) is 11.3. The summed E-state index contributed by atoms with van der Waals surface area (Å²) in [5, 5.41) is 23.7. The van der Waals surface area contributed by atoms with Gasteiger partial charge in [-0.3, -0.25) is 9.59 Å². The van der Waals surface area contributed by atoms with Crippen LogP contribution in [0.2, 0.25) is 0 Å². The molecule has 0 fully saturated rings. The molecule has 0 aliphatic heterocycles. The molecule has 0 saturated heterocycles. The van der Waals surface area contributed by atoms with Gasteiger partial charge in [-0.2, -0.15) is 0 Å². The van der Waals surface area contributed by atoms with E-state index in [9.17, 15) is 19.8 Å². The number of aliphatic hydroxyl groups is 2. The molecule has 0 saturated carbocycles. The lowest BCUT2D eigenvalue weighted by atomic mass is 10.0. The molecule has 0 radical (unpaired) electrons. The van der Waals surface area contributed by atoms with Crippen molar-refractivity contribution in [3.63, 3.8) is 0 Å². The summed E-state index contributed by atoms with van der Waals surface area (Å²) in [6.07, 6.45) is 61.3. The molecule has 0 rings (SSSR count). The first-order valence-electron chi connectivity index (χ1n) is 25.7. The summed E-state index contributed by atoms with van der Waals surface area (Å²) in [7, 11) is 0. The Labute approximate surface area is 377 Å². The Balaban J connectivity index is 4.66. The molecule has 61 heavy (non-hydrogen) atoms. The van der Waals surface area contributed by atoms with Crippen LogP contribution in [0.5, 0.6) is 0 Å². The molecule has 6 heteroatoms. The van der Waals surface area contributed by atoms with Crippen molar-refractivity contribution in [2.45, 2.75) is 257 Å². The molecule has 0 aliphatic carbocycles. The fourth-order valence-electron chi connectivity index (χ4n) is 7.41. The number of unbranched alkanes of at least 4 members (excludes halogenated alkanes) is 26. The smallest absolute Gasteiger partial charge is 0.306 e. The molecule has 0 bridgehead atoms. The van der Waals surface area contributed by atoms with Crippen LogP contribution < -0.4 is 5.32 Å². The number of allylic oxidation sites excluding steroid dienone is 11. The maximum atomic E-state index is 13.1. The lowest BCUT2D eigenvalue weighted by Gasteiger charge is -2.23. The number of amides is 1. The Kier molecular flexibility index (Phi) is 46.2. The highest BCUT2D eigenvalue weighted by Gasteiger charge is 2.23. The molecular weight excluding hydrogens is 755 g/mol. The number of carbonyl (C=O) groups excluding carboxylic acids is 2. The minimum Gasteiger partial charge on any atom is -0.458 e. The summed E-state index contributed by atoms with van der Waals surface area (Å²) in [5.41, 5.74) is 0. The monoisotopic (exact) mass is 852 g/mol. The van der Waals surface area contributed by atoms with Crippen LogP contribution >= 0.6 is 0 Å². The van der Waals surface area contributed by atoms with Crippen molar-refractivity contribution in [3.05, 3.63) is 72.9 Å². The van der Waals surface area contributed by atoms with Gasteiger partial charge in [0.05, 0.1) is 25.2 Å². The van der Waals surface area contributed by atoms with Crippen molar-refractivity contribution in [1.29, 1.82) is 0 Å². The van der Waals surface area contributed by atoms with Gasteiger partial charge in [0.25, 0.3) is 0 Å². The molecule has 3 N–H and O–H groups in total. The van der Waals surface area contributed by atoms with Crippen LogP contribution in [0.1, 0.15) is 239 Å². The summed E-state index contributed by atoms with van der Waals surface area (Å²) >= 11 is 0. The molecule has 3 unspecified atom stereocenters. The molecule has 0 aromatic carbocycles. The van der Waals surface area contributed by atoms with Crippen molar-refractivity contribution in [2.24, 2.45) is 0 Å². The number of aliphatic hydroxyl groups excluding tert-OH is 2. The minimum absolute atomic E-state index is 0.0408. The normalized spacial score (nSPS) is 13.9. The van der Waals surface area contributed by atoms with E-state index >= 15 is 0 Å². The molecule has 0 aromatic heterocycles. The van der Waals surface area contributed by atoms with Gasteiger partial charge in [-0.1, -0.05) is 235 Å². The van der Waals surface area contributed by atoms with E-state index in [2.05, 4.69) is 86.8 Å². The van der Waals surface area contributed by atoms with Crippen LogP contribution in [-0.2, 0) is 14.3 Å². The molecule has 0 spiro atoms. The largest absolute Gasteiger partial charge is 0.458 e. The molecule has 1 amide bonds. The number of rotatable bonds is 45. The lowest BCUT2D eigenvalue weighted by molar-refractivity contribution is -0.148. The van der Waals surface area contributed by atoms with Gasteiger partial charge in [0.1, 0.15) is 6.10 Å². The SMILES string of the molecule is CCCCC/C=C/C=C/C=C/C=C/CCCCCCCC(=O)OC(/C=C/C/C=C\CCCCCCCC)CC(=O)NC(CO)C(O)CCCCCCCCCCCCCCC. The van der Waals surface area contributed by atoms with Crippen LogP contribution in [0, 0.1) is 0 Å². The Morgan fingerprint density at radius 1 is 0.508 bits per heavy atom. The quantitative estimate of drug-likeness (QED) is 0.0245. The van der Waals surface area contributed by atoms with Crippen molar-refractivity contribution in [3.8, 4) is 0 Å². The van der Waals surface area contributed by atoms with Gasteiger partial charge < -0.3 is 20.3 Å². The molecule has 352 valence electrons. The first-order chi connectivity index (χ1) is 30.0. The van der Waals surface area contributed by atoms with E-state index in [1.165, 1.54) is 122 Å². The predicted molar refractivity (Wildman–Crippen MR) is 264 cm³/mol. The zero-order valence-electron chi connectivity index (χ0n) is 40.0. The zero-order chi connectivity index (χ0) is 44.5. The average Bonchev–Trinajstić information content (AvgIpc) is 3.25. The van der Waals surface area contributed by atoms with Crippen LogP contribution in [-0.4, -0.2) is 46.9 Å². The molecule has 6 nitrogen and oxygen atoms in total. The first kappa shape index (κ1) is 58.3. The maximum Gasteiger partial charge on any atom is 0.306 e. The summed E-state index contributed by atoms with van der Waals surface area (Å²) in [6.45, 7) is 6.39. The predicted octanol–water partition coefficient (Wildman–Crippen LogP) is 15.4. The third-order valence-electron chi connectivity index (χ3n) is 11.3. The lowest BCUT2D eigenvalue weighted by Crippen LogP contribution is -2.46. The van der Waals surface area contributed by atoms with Gasteiger partial charge in [-0.25, -0.2) is 0 Å². The number of hydrogen-bond donors (Lipinski definition) is 3. The van der Waals surface area contributed by atoms with Gasteiger partial charge >= 0.3 is 5.97 Å². The standard InChI is InChI=1S/C55H97NO5/c1-4-7-10-13-16-19-22-24-25-26-27-28-30-33-36-39-42-45-48-55(60)61-51(46-43-40-37-34-31-21-18-15-12-9-6-3)49-54(59)56-52(50-57)53(58)47-44-41-38-35-32-29-23-20-17-14-11-8-5-2/h16,19,22,24-28,34,37,43,46,51-53,57-58H,4-15,17-18,20-21,23,29-33,35-36,38-42,44-45,47-50H2,1-3H3,(H,56,59)/b19-16+,24-22+,26-25+,28-27+,37-34-,46-43+. The Bertz CT molecular complexity index is 1140. The van der Waals surface area contributed by atoms with Gasteiger partial charge in [0, 0.05) is 6.42 Å². The van der Waals surface area contributed by atoms with E-state index in [1.54, 1.807) is 0 Å². The second-order valence-corrected chi connectivity index (χ2v) is 17.3. The second kappa shape index (κ2) is 48.3. The van der Waals surface area contributed by atoms with Gasteiger partial charge in [-0.15, -0.1) is 0 Å². The molecule has 3 atom stereocenters. The highest BCUT2D eigenvalue weighted by atomic mass is 16.5. The topological polar surface area (TPSA) is 95.9 Å². The van der Waals surface area contributed by atoms with Gasteiger partial charge in [0.2, 0.25) is 5.91 Å². The number of hydrogen-bond acceptors (Lipinski definition) is 5. The summed E-state index contributed by atoms with van der Waals surface area (Å²) < 4.78 is 5.82. The Morgan fingerprint density at radius 2 is 0.934 bits per heavy atom. The Hall–Kier alpha value is -2.70. The van der Waals surface area contributed by atoms with E-state index < -0.39 is 18.2 Å². The van der Waals surface area contributed by atoms with E-state index in [-0.39, 0.29) is 24.9 Å².